The molecule has 0 fully saturated rings. The van der Waals surface area contributed by atoms with E-state index in [2.05, 4.69) is 26.0 Å². The summed E-state index contributed by atoms with van der Waals surface area (Å²) in [7, 11) is 0. The Morgan fingerprint density at radius 1 is 0.550 bits per heavy atom. The lowest BCUT2D eigenvalue weighted by Gasteiger charge is -2.21. The summed E-state index contributed by atoms with van der Waals surface area (Å²) >= 11 is 0. The highest BCUT2D eigenvalue weighted by atomic mass is 16.3. The summed E-state index contributed by atoms with van der Waals surface area (Å²) < 4.78 is 0. The highest BCUT2D eigenvalue weighted by Gasteiger charge is 2.26. The van der Waals surface area contributed by atoms with Crippen LogP contribution in [0.5, 0.6) is 0 Å². The first-order chi connectivity index (χ1) is 19.5. The third-order valence-electron chi connectivity index (χ3n) is 8.08. The van der Waals surface area contributed by atoms with E-state index < -0.39 is 18.2 Å². The lowest BCUT2D eigenvalue weighted by molar-refractivity contribution is -0.129. The molecular weight excluding hydrogens is 494 g/mol. The molecule has 40 heavy (non-hydrogen) atoms. The molecule has 0 amide bonds. The van der Waals surface area contributed by atoms with E-state index in [9.17, 15) is 15.0 Å². The maximum Gasteiger partial charge on any atom is 0.162 e. The van der Waals surface area contributed by atoms with Crippen LogP contribution in [-0.2, 0) is 4.79 Å². The molecule has 236 valence electrons. The molecule has 0 spiro atoms. The number of ketones is 1. The number of Topliss-reactive ketones (excluding diaryl/α,β-unsaturated/α-hetero) is 1. The first-order valence-corrected chi connectivity index (χ1v) is 17.5. The van der Waals surface area contributed by atoms with Gasteiger partial charge in [-0.15, -0.1) is 0 Å². The van der Waals surface area contributed by atoms with Crippen LogP contribution in [-0.4, -0.2) is 34.2 Å². The van der Waals surface area contributed by atoms with Crippen molar-refractivity contribution in [1.82, 2.24) is 0 Å². The number of carbonyl (C=O) groups is 1. The molecule has 0 rings (SSSR count). The summed E-state index contributed by atoms with van der Waals surface area (Å²) in [5.74, 6) is -0.247. The van der Waals surface area contributed by atoms with Crippen molar-refractivity contribution in [3.05, 3.63) is 24.3 Å². The van der Waals surface area contributed by atoms with Crippen molar-refractivity contribution in [1.29, 1.82) is 0 Å². The van der Waals surface area contributed by atoms with E-state index in [1.807, 2.05) is 6.08 Å². The molecule has 4 nitrogen and oxygen atoms in total. The van der Waals surface area contributed by atoms with Crippen LogP contribution in [0, 0.1) is 0 Å². The second kappa shape index (κ2) is 31.0. The van der Waals surface area contributed by atoms with Gasteiger partial charge in [0.2, 0.25) is 0 Å². The lowest BCUT2D eigenvalue weighted by Crippen LogP contribution is -2.47. The zero-order valence-corrected chi connectivity index (χ0v) is 26.8. The molecule has 4 N–H and O–H groups in total. The van der Waals surface area contributed by atoms with Gasteiger partial charge in [0, 0.05) is 6.42 Å². The molecule has 0 aliphatic heterocycles. The molecule has 0 radical (unpaired) electrons. The minimum Gasteiger partial charge on any atom is -0.387 e. The summed E-state index contributed by atoms with van der Waals surface area (Å²) in [5, 5.41) is 20.6. The van der Waals surface area contributed by atoms with Gasteiger partial charge in [0.15, 0.2) is 5.78 Å². The fraction of sp³-hybridized carbons (Fsp3) is 0.861. The zero-order valence-electron chi connectivity index (χ0n) is 26.8. The highest BCUT2D eigenvalue weighted by molar-refractivity contribution is 5.83. The largest absolute Gasteiger partial charge is 0.387 e. The molecule has 0 aromatic heterocycles. The highest BCUT2D eigenvalue weighted by Crippen LogP contribution is 2.14. The minimum absolute atomic E-state index is 0.247. The summed E-state index contributed by atoms with van der Waals surface area (Å²) in [6.45, 7) is 4.52. The standard InChI is InChI=1S/C36H69NO3/c1-3-5-7-9-11-13-15-17-18-20-22-24-26-28-30-32-34(39)36(40)35(37)33(38)31-29-27-25-23-21-19-16-14-12-10-8-6-4-2/h17-18,29,31,33,35-36,38,40H,3-16,19-28,30,32,37H2,1-2H3/b18-17-,31-29+/t33-,35-,36?/m1/s1. The van der Waals surface area contributed by atoms with Gasteiger partial charge in [-0.25, -0.2) is 0 Å². The van der Waals surface area contributed by atoms with Crippen molar-refractivity contribution < 1.29 is 15.0 Å². The Morgan fingerprint density at radius 2 is 0.900 bits per heavy atom. The fourth-order valence-corrected chi connectivity index (χ4v) is 5.21. The van der Waals surface area contributed by atoms with Crippen LogP contribution in [0.1, 0.15) is 181 Å². The Morgan fingerprint density at radius 3 is 1.32 bits per heavy atom. The van der Waals surface area contributed by atoms with Crippen LogP contribution in [0.2, 0.25) is 0 Å². The van der Waals surface area contributed by atoms with Gasteiger partial charge in [-0.05, 0) is 44.9 Å². The Bertz CT molecular complexity index is 589. The number of hydrogen-bond donors (Lipinski definition) is 3. The average Bonchev–Trinajstić information content (AvgIpc) is 2.96. The van der Waals surface area contributed by atoms with Gasteiger partial charge in [0.25, 0.3) is 0 Å². The van der Waals surface area contributed by atoms with Crippen LogP contribution in [0.15, 0.2) is 24.3 Å². The second-order valence-corrected chi connectivity index (χ2v) is 12.1. The Kier molecular flexibility index (Phi) is 30.2. The van der Waals surface area contributed by atoms with Gasteiger partial charge < -0.3 is 15.9 Å². The molecule has 4 heteroatoms. The fourth-order valence-electron chi connectivity index (χ4n) is 5.21. The molecule has 0 aliphatic carbocycles. The van der Waals surface area contributed by atoms with E-state index in [0.29, 0.717) is 6.42 Å². The molecule has 1 unspecified atom stereocenters. The van der Waals surface area contributed by atoms with Gasteiger partial charge in [0.05, 0.1) is 12.1 Å². The van der Waals surface area contributed by atoms with Crippen LogP contribution in [0.4, 0.5) is 0 Å². The quantitative estimate of drug-likeness (QED) is 0.0579. The van der Waals surface area contributed by atoms with Crippen LogP contribution < -0.4 is 5.73 Å². The summed E-state index contributed by atoms with van der Waals surface area (Å²) in [6.07, 6.45) is 37.4. The van der Waals surface area contributed by atoms with Gasteiger partial charge in [-0.2, -0.15) is 0 Å². The molecular formula is C36H69NO3. The summed E-state index contributed by atoms with van der Waals surface area (Å²) in [5.41, 5.74) is 5.99. The second-order valence-electron chi connectivity index (χ2n) is 12.1. The number of hydrogen-bond acceptors (Lipinski definition) is 4. The SMILES string of the molecule is CCCCCCCC/C=C\CCCCCCCC(=O)C(O)[C@H](N)[C@H](O)/C=C/CCCCCCCCCCCCC. The van der Waals surface area contributed by atoms with Crippen molar-refractivity contribution in [3.63, 3.8) is 0 Å². The van der Waals surface area contributed by atoms with Crippen molar-refractivity contribution in [2.75, 3.05) is 0 Å². The van der Waals surface area contributed by atoms with Gasteiger partial charge in [0.1, 0.15) is 6.10 Å². The number of aliphatic hydroxyl groups is 2. The van der Waals surface area contributed by atoms with E-state index in [-0.39, 0.29) is 5.78 Å². The maximum atomic E-state index is 12.3. The van der Waals surface area contributed by atoms with Gasteiger partial charge in [-0.1, -0.05) is 154 Å². The van der Waals surface area contributed by atoms with E-state index in [1.54, 1.807) is 6.08 Å². The predicted octanol–water partition coefficient (Wildman–Crippen LogP) is 9.90. The predicted molar refractivity (Wildman–Crippen MR) is 175 cm³/mol. The number of unbranched alkanes of at least 4 members (excludes halogenated alkanes) is 22. The molecule has 0 aromatic rings. The van der Waals surface area contributed by atoms with E-state index in [1.165, 1.54) is 122 Å². The lowest BCUT2D eigenvalue weighted by atomic mass is 9.97. The van der Waals surface area contributed by atoms with Crippen molar-refractivity contribution >= 4 is 5.78 Å². The normalized spacial score (nSPS) is 14.3. The van der Waals surface area contributed by atoms with Crippen LogP contribution >= 0.6 is 0 Å². The number of nitrogens with two attached hydrogens (primary N) is 1. The minimum atomic E-state index is -1.29. The topological polar surface area (TPSA) is 83.5 Å². The summed E-state index contributed by atoms with van der Waals surface area (Å²) in [4.78, 5) is 12.3. The number of aliphatic hydroxyl groups excluding tert-OH is 2. The van der Waals surface area contributed by atoms with Crippen LogP contribution in [0.25, 0.3) is 0 Å². The van der Waals surface area contributed by atoms with Crippen molar-refractivity contribution in [3.8, 4) is 0 Å². The average molecular weight is 564 g/mol. The molecule has 3 atom stereocenters. The number of carbonyl (C=O) groups excluding carboxylic acids is 1. The smallest absolute Gasteiger partial charge is 0.162 e. The summed E-state index contributed by atoms with van der Waals surface area (Å²) in [6, 6.07) is -0.954. The zero-order chi connectivity index (χ0) is 29.5. The molecule has 0 aliphatic rings. The first-order valence-electron chi connectivity index (χ1n) is 17.5. The van der Waals surface area contributed by atoms with E-state index in [4.69, 9.17) is 5.73 Å². The van der Waals surface area contributed by atoms with E-state index >= 15 is 0 Å². The Hall–Kier alpha value is -0.970. The van der Waals surface area contributed by atoms with E-state index in [0.717, 1.165) is 38.5 Å². The Balaban J connectivity index is 3.67. The van der Waals surface area contributed by atoms with Gasteiger partial charge >= 0.3 is 0 Å². The van der Waals surface area contributed by atoms with Gasteiger partial charge in [-0.3, -0.25) is 4.79 Å². The molecule has 0 saturated carbocycles. The monoisotopic (exact) mass is 564 g/mol. The van der Waals surface area contributed by atoms with Crippen LogP contribution in [0.3, 0.4) is 0 Å². The third kappa shape index (κ3) is 26.0. The number of rotatable bonds is 31. The third-order valence-corrected chi connectivity index (χ3v) is 8.08. The molecule has 0 bridgehead atoms. The first kappa shape index (κ1) is 39.0. The maximum absolute atomic E-state index is 12.3. The molecule has 0 heterocycles. The molecule has 0 saturated heterocycles. The molecule has 0 aromatic carbocycles. The van der Waals surface area contributed by atoms with Crippen molar-refractivity contribution in [2.45, 2.75) is 199 Å². The van der Waals surface area contributed by atoms with Crippen molar-refractivity contribution in [2.24, 2.45) is 5.73 Å². The number of allylic oxidation sites excluding steroid dienone is 3. The Labute approximate surface area is 249 Å².